The summed E-state index contributed by atoms with van der Waals surface area (Å²) in [7, 11) is 0.883. The van der Waals surface area contributed by atoms with Gasteiger partial charge in [0.1, 0.15) is 0 Å². The van der Waals surface area contributed by atoms with Crippen LogP contribution in [0.2, 0.25) is 0 Å². The van der Waals surface area contributed by atoms with Gasteiger partial charge in [0.15, 0.2) is 24.6 Å². The maximum absolute atomic E-state index is 12.4. The Morgan fingerprint density at radius 1 is 0.885 bits per heavy atom. The van der Waals surface area contributed by atoms with Crippen molar-refractivity contribution in [2.45, 2.75) is 43.9 Å². The molecule has 0 N–H and O–H groups in total. The zero-order valence-corrected chi connectivity index (χ0v) is 13.1. The second kappa shape index (κ2) is 8.07. The maximum atomic E-state index is 12.4. The number of alkyl halides is 6. The molecule has 0 radical (unpaired) electrons. The summed E-state index contributed by atoms with van der Waals surface area (Å²) in [5, 5.41) is 0. The van der Waals surface area contributed by atoms with E-state index in [9.17, 15) is 40.7 Å². The molecular weight excluding hydrogens is 386 g/mol. The minimum Gasteiger partial charge on any atom is -0.456 e. The van der Waals surface area contributed by atoms with Gasteiger partial charge in [-0.15, -0.1) is 0 Å². The van der Waals surface area contributed by atoms with Crippen molar-refractivity contribution >= 4 is 17.9 Å². The van der Waals surface area contributed by atoms with Gasteiger partial charge in [0.05, 0.1) is 6.61 Å². The number of hydrogen-bond donors (Lipinski definition) is 0. The lowest BCUT2D eigenvalue weighted by Crippen LogP contribution is -2.59. The molecule has 0 aromatic rings. The Morgan fingerprint density at radius 2 is 1.35 bits per heavy atom. The predicted octanol–water partition coefficient (Wildman–Crippen LogP) is 0.869. The van der Waals surface area contributed by atoms with E-state index >= 15 is 0 Å². The second-order valence-corrected chi connectivity index (χ2v) is 4.82. The van der Waals surface area contributed by atoms with Gasteiger partial charge in [0.25, 0.3) is 0 Å². The first-order valence-electron chi connectivity index (χ1n) is 6.64. The predicted molar refractivity (Wildman–Crippen MR) is 64.2 cm³/mol. The van der Waals surface area contributed by atoms with E-state index < -0.39 is 61.5 Å². The highest BCUT2D eigenvalue weighted by Crippen LogP contribution is 2.29. The van der Waals surface area contributed by atoms with E-state index in [0.29, 0.717) is 0 Å². The minimum absolute atomic E-state index is 0.700. The van der Waals surface area contributed by atoms with Crippen LogP contribution in [0.3, 0.4) is 0 Å². The third kappa shape index (κ3) is 5.72. The van der Waals surface area contributed by atoms with Crippen LogP contribution in [0, 0.1) is 0 Å². The highest BCUT2D eigenvalue weighted by Gasteiger charge is 2.54. The molecule has 0 amide bonds. The first kappa shape index (κ1) is 22.0. The normalized spacial score (nSPS) is 26.8. The van der Waals surface area contributed by atoms with Crippen LogP contribution in [0.5, 0.6) is 0 Å². The van der Waals surface area contributed by atoms with Crippen molar-refractivity contribution in [1.82, 2.24) is 0 Å². The molecule has 4 atom stereocenters. The number of carbonyl (C=O) groups is 3. The van der Waals surface area contributed by atoms with Crippen molar-refractivity contribution in [2.75, 3.05) is 13.7 Å². The standard InChI is InChI=1S/C12H12F6O8/c1-4(19)24-5-3-23-8(22-2)7(26-10(21)12(16,17)18)6(5)25-9(20)11(13,14)15/h5-8H,3H2,1-2H3. The number of methoxy groups -OCH3 is 1. The first-order valence-corrected chi connectivity index (χ1v) is 6.64. The molecule has 1 rings (SSSR count). The molecule has 26 heavy (non-hydrogen) atoms. The molecule has 8 nitrogen and oxygen atoms in total. The highest BCUT2D eigenvalue weighted by molar-refractivity contribution is 5.77. The van der Waals surface area contributed by atoms with Gasteiger partial charge in [-0.2, -0.15) is 26.3 Å². The summed E-state index contributed by atoms with van der Waals surface area (Å²) in [6.07, 6.45) is -19.2. The molecule has 0 aromatic carbocycles. The molecule has 1 saturated heterocycles. The first-order chi connectivity index (χ1) is 11.8. The van der Waals surface area contributed by atoms with Crippen LogP contribution in [0.4, 0.5) is 26.3 Å². The molecule has 0 spiro atoms. The zero-order chi connectivity index (χ0) is 20.3. The molecule has 1 heterocycles. The second-order valence-electron chi connectivity index (χ2n) is 4.82. The molecule has 0 saturated carbocycles. The van der Waals surface area contributed by atoms with Gasteiger partial charge < -0.3 is 23.7 Å². The Kier molecular flexibility index (Phi) is 6.82. The Hall–Kier alpha value is -2.09. The van der Waals surface area contributed by atoms with Crippen LogP contribution in [0.25, 0.3) is 0 Å². The molecule has 14 heteroatoms. The summed E-state index contributed by atoms with van der Waals surface area (Å²) in [6.45, 7) is 0.135. The number of halogens is 6. The van der Waals surface area contributed by atoms with Gasteiger partial charge in [-0.25, -0.2) is 9.59 Å². The van der Waals surface area contributed by atoms with Gasteiger partial charge in [-0.05, 0) is 0 Å². The average Bonchev–Trinajstić information content (AvgIpc) is 2.47. The lowest BCUT2D eigenvalue weighted by atomic mass is 10.0. The summed E-state index contributed by atoms with van der Waals surface area (Å²) >= 11 is 0. The van der Waals surface area contributed by atoms with Crippen LogP contribution in [-0.2, 0) is 38.1 Å². The van der Waals surface area contributed by atoms with Crippen molar-refractivity contribution in [3.8, 4) is 0 Å². The van der Waals surface area contributed by atoms with Crippen LogP contribution in [0.1, 0.15) is 6.92 Å². The van der Waals surface area contributed by atoms with Gasteiger partial charge in [-0.3, -0.25) is 4.79 Å². The molecule has 1 aliphatic heterocycles. The summed E-state index contributed by atoms with van der Waals surface area (Å²) in [4.78, 5) is 33.1. The largest absolute Gasteiger partial charge is 0.490 e. The number of ether oxygens (including phenoxy) is 5. The monoisotopic (exact) mass is 398 g/mol. The fourth-order valence-electron chi connectivity index (χ4n) is 1.91. The summed E-state index contributed by atoms with van der Waals surface area (Å²) in [6, 6.07) is 0. The van der Waals surface area contributed by atoms with Crippen molar-refractivity contribution in [1.29, 1.82) is 0 Å². The number of hydrogen-bond acceptors (Lipinski definition) is 8. The molecule has 0 aromatic heterocycles. The van der Waals surface area contributed by atoms with E-state index in [2.05, 4.69) is 18.9 Å². The Labute approximate surface area is 141 Å². The Morgan fingerprint density at radius 3 is 1.73 bits per heavy atom. The van der Waals surface area contributed by atoms with Crippen LogP contribution in [0.15, 0.2) is 0 Å². The third-order valence-electron chi connectivity index (χ3n) is 2.88. The van der Waals surface area contributed by atoms with Gasteiger partial charge >= 0.3 is 30.3 Å². The van der Waals surface area contributed by atoms with E-state index in [1.807, 2.05) is 0 Å². The summed E-state index contributed by atoms with van der Waals surface area (Å²) < 4.78 is 96.6. The molecule has 150 valence electrons. The molecule has 1 fully saturated rings. The topological polar surface area (TPSA) is 97.4 Å². The van der Waals surface area contributed by atoms with E-state index in [0.717, 1.165) is 14.0 Å². The lowest BCUT2D eigenvalue weighted by Gasteiger charge is -2.39. The fraction of sp³-hybridized carbons (Fsp3) is 0.750. The van der Waals surface area contributed by atoms with Crippen LogP contribution < -0.4 is 0 Å². The molecule has 0 bridgehead atoms. The van der Waals surface area contributed by atoms with Gasteiger partial charge in [0.2, 0.25) is 0 Å². The molecule has 0 aliphatic carbocycles. The Bertz CT molecular complexity index is 545. The minimum atomic E-state index is -5.51. The van der Waals surface area contributed by atoms with Gasteiger partial charge in [-0.1, -0.05) is 0 Å². The van der Waals surface area contributed by atoms with Crippen LogP contribution >= 0.6 is 0 Å². The van der Waals surface area contributed by atoms with E-state index in [1.54, 1.807) is 0 Å². The van der Waals surface area contributed by atoms with Gasteiger partial charge in [0, 0.05) is 14.0 Å². The highest BCUT2D eigenvalue weighted by atomic mass is 19.4. The number of esters is 3. The van der Waals surface area contributed by atoms with E-state index in [-0.39, 0.29) is 0 Å². The SMILES string of the molecule is COC1OCC(OC(C)=O)C(OC(=O)C(F)(F)F)C1OC(=O)C(F)(F)F. The van der Waals surface area contributed by atoms with E-state index in [1.165, 1.54) is 0 Å². The van der Waals surface area contributed by atoms with Crippen molar-refractivity contribution in [3.63, 3.8) is 0 Å². The average molecular weight is 398 g/mol. The van der Waals surface area contributed by atoms with Crippen molar-refractivity contribution in [3.05, 3.63) is 0 Å². The fourth-order valence-corrected chi connectivity index (χ4v) is 1.91. The van der Waals surface area contributed by atoms with Crippen molar-refractivity contribution in [2.24, 2.45) is 0 Å². The molecular formula is C12H12F6O8. The third-order valence-corrected chi connectivity index (χ3v) is 2.88. The molecule has 1 aliphatic rings. The summed E-state index contributed by atoms with van der Waals surface area (Å²) in [5.74, 6) is -6.67. The zero-order valence-electron chi connectivity index (χ0n) is 13.1. The summed E-state index contributed by atoms with van der Waals surface area (Å²) in [5.41, 5.74) is 0. The number of rotatable bonds is 4. The number of carbonyl (C=O) groups excluding carboxylic acids is 3. The van der Waals surface area contributed by atoms with Crippen molar-refractivity contribution < 1.29 is 64.4 Å². The smallest absolute Gasteiger partial charge is 0.456 e. The molecule has 4 unspecified atom stereocenters. The van der Waals surface area contributed by atoms with Crippen LogP contribution in [-0.4, -0.2) is 68.6 Å². The quantitative estimate of drug-likeness (QED) is 0.391. The Balaban J connectivity index is 3.17. The van der Waals surface area contributed by atoms with E-state index in [4.69, 9.17) is 4.74 Å². The maximum Gasteiger partial charge on any atom is 0.490 e. The lowest BCUT2D eigenvalue weighted by molar-refractivity contribution is -0.290.